The third-order valence-electron chi connectivity index (χ3n) is 28.4. The fourth-order valence-corrected chi connectivity index (χ4v) is 22.8. The fourth-order valence-electron chi connectivity index (χ4n) is 19.7. The number of allylic oxidation sites excluding steroid dienone is 5. The Morgan fingerprint density at radius 1 is 0.479 bits per heavy atom. The molecular formula is C109H123N24O8Si+. The van der Waals surface area contributed by atoms with Crippen molar-refractivity contribution in [1.29, 1.82) is 0 Å². The van der Waals surface area contributed by atoms with Gasteiger partial charge in [-0.3, -0.25) is 29.8 Å². The largest absolute Gasteiger partial charge is 0.487 e. The quantitative estimate of drug-likeness (QED) is 0.00658. The van der Waals surface area contributed by atoms with Crippen molar-refractivity contribution >= 4 is 137 Å². The zero-order valence-corrected chi connectivity index (χ0v) is 83.3. The highest BCUT2D eigenvalue weighted by atomic mass is 28.3. The number of carbonyl (C=O) groups is 2. The molecule has 730 valence electrons. The Kier molecular flexibility index (Phi) is 27.8. The number of imidazole rings is 5. The third-order valence-corrected chi connectivity index (χ3v) is 31.9. The summed E-state index contributed by atoms with van der Waals surface area (Å²) in [6.45, 7) is 21.6. The highest BCUT2D eigenvalue weighted by Crippen LogP contribution is 2.45. The van der Waals surface area contributed by atoms with Gasteiger partial charge in [0.2, 0.25) is 5.91 Å². The number of nitrogens with two attached hydrogens (primary N) is 2. The van der Waals surface area contributed by atoms with E-state index in [1.165, 1.54) is 50.7 Å². The Morgan fingerprint density at radius 2 is 0.901 bits per heavy atom. The number of nitro benzene ring substituents is 2. The van der Waals surface area contributed by atoms with Crippen LogP contribution in [0.2, 0.25) is 13.1 Å². The first-order valence-corrected chi connectivity index (χ1v) is 52.2. The summed E-state index contributed by atoms with van der Waals surface area (Å²) in [5, 5.41) is 29.9. The average molecular weight is 1930 g/mol. The van der Waals surface area contributed by atoms with E-state index in [0.717, 1.165) is 210 Å². The third kappa shape index (κ3) is 20.5. The molecule has 10 N–H and O–H groups in total. The van der Waals surface area contributed by atoms with E-state index >= 15 is 0 Å². The summed E-state index contributed by atoms with van der Waals surface area (Å²) >= 11 is 0. The van der Waals surface area contributed by atoms with E-state index < -0.39 is 17.9 Å². The Balaban J connectivity index is 0.000000164. The molecule has 0 saturated carbocycles. The summed E-state index contributed by atoms with van der Waals surface area (Å²) in [4.78, 5) is 110. The van der Waals surface area contributed by atoms with E-state index in [9.17, 15) is 29.8 Å². The van der Waals surface area contributed by atoms with Crippen molar-refractivity contribution in [2.75, 3.05) is 192 Å². The van der Waals surface area contributed by atoms with E-state index in [0.29, 0.717) is 91.6 Å². The van der Waals surface area contributed by atoms with Crippen LogP contribution >= 0.6 is 0 Å². The van der Waals surface area contributed by atoms with Crippen LogP contribution in [0.4, 0.5) is 45.5 Å². The summed E-state index contributed by atoms with van der Waals surface area (Å²) in [6.07, 6.45) is 12.1. The lowest BCUT2D eigenvalue weighted by Crippen LogP contribution is -2.50. The van der Waals surface area contributed by atoms with Gasteiger partial charge in [0.25, 0.3) is 5.91 Å². The van der Waals surface area contributed by atoms with Crippen molar-refractivity contribution in [3.8, 4) is 68.4 Å². The molecular weight excluding hydrogens is 1800 g/mol. The number of nitrogens with one attached hydrogen (secondary N) is 6. The van der Waals surface area contributed by atoms with Gasteiger partial charge >= 0.3 is 11.4 Å². The lowest BCUT2D eigenvalue weighted by molar-refractivity contribution is -0.462. The van der Waals surface area contributed by atoms with Gasteiger partial charge in [0.1, 0.15) is 51.3 Å². The topological polar surface area (TPSA) is 375 Å². The monoisotopic (exact) mass is 1920 g/mol. The van der Waals surface area contributed by atoms with Gasteiger partial charge in [-0.2, -0.15) is 0 Å². The second kappa shape index (κ2) is 41.2. The second-order valence-electron chi connectivity index (χ2n) is 38.9. The van der Waals surface area contributed by atoms with E-state index in [1.54, 1.807) is 24.3 Å². The maximum atomic E-state index is 14.6. The van der Waals surface area contributed by atoms with Gasteiger partial charge in [0.05, 0.1) is 89.6 Å². The Hall–Kier alpha value is -15.3. The second-order valence-corrected chi connectivity index (χ2v) is 43.2. The zero-order chi connectivity index (χ0) is 98.7. The van der Waals surface area contributed by atoms with Crippen LogP contribution in [0.5, 0.6) is 11.5 Å². The lowest BCUT2D eigenvalue weighted by Gasteiger charge is -2.38. The molecule has 4 fully saturated rings. The molecule has 33 heteroatoms. The molecule has 0 spiro atoms. The molecule has 142 heavy (non-hydrogen) atoms. The molecule has 0 bridgehead atoms. The van der Waals surface area contributed by atoms with Crippen molar-refractivity contribution < 1.29 is 33.5 Å². The lowest BCUT2D eigenvalue weighted by atomic mass is 9.86. The summed E-state index contributed by atoms with van der Waals surface area (Å²) in [7, 11) is 12.6. The first kappa shape index (κ1) is 95.6. The summed E-state index contributed by atoms with van der Waals surface area (Å²) in [5.41, 5.74) is 36.5. The van der Waals surface area contributed by atoms with Gasteiger partial charge in [-0.05, 0) is 244 Å². The summed E-state index contributed by atoms with van der Waals surface area (Å²) < 4.78 is 13.8. The molecule has 5 aromatic heterocycles. The van der Waals surface area contributed by atoms with Crippen molar-refractivity contribution in [3.63, 3.8) is 0 Å². The molecule has 32 nitrogen and oxygen atoms in total. The number of nitro groups is 2. The van der Waals surface area contributed by atoms with Crippen LogP contribution in [-0.4, -0.2) is 270 Å². The molecule has 10 aromatic carbocycles. The van der Waals surface area contributed by atoms with Crippen molar-refractivity contribution in [2.45, 2.75) is 65.0 Å². The predicted molar refractivity (Wildman–Crippen MR) is 572 cm³/mol. The fraction of sp³-hybridized carbons (Fsp3) is 0.321. The number of amides is 2. The highest BCUT2D eigenvalue weighted by Gasteiger charge is 2.42. The van der Waals surface area contributed by atoms with E-state index in [1.807, 2.05) is 77.7 Å². The summed E-state index contributed by atoms with van der Waals surface area (Å²) in [5.74, 6) is 3.62. The molecule has 15 aromatic rings. The van der Waals surface area contributed by atoms with Crippen molar-refractivity contribution in [1.82, 2.24) is 74.8 Å². The minimum Gasteiger partial charge on any atom is -0.487 e. The number of nitrogen functional groups attached to an aromatic ring is 2. The number of fused-ring (bicyclic) bond motifs is 7. The van der Waals surface area contributed by atoms with Crippen LogP contribution in [0.25, 0.3) is 118 Å². The molecule has 2 amide bonds. The van der Waals surface area contributed by atoms with Crippen LogP contribution in [0, 0.1) is 26.1 Å². The maximum absolute atomic E-state index is 14.6. The number of likely N-dealkylation sites (tertiary alicyclic amines) is 1. The molecule has 21 rings (SSSR count). The van der Waals surface area contributed by atoms with Gasteiger partial charge in [-0.25, -0.2) is 29.5 Å². The number of nitrogens with zero attached hydrogens (tertiary/aromatic N) is 16. The molecule has 10 heterocycles. The molecule has 4 saturated heterocycles. The van der Waals surface area contributed by atoms with Crippen LogP contribution in [-0.2, 0) is 4.79 Å². The van der Waals surface area contributed by atoms with Crippen LogP contribution in [0.3, 0.4) is 0 Å². The zero-order valence-electron chi connectivity index (χ0n) is 82.3. The minimum atomic E-state index is -2.17. The Bertz CT molecular complexity index is 7430. The highest BCUT2D eigenvalue weighted by molar-refractivity contribution is 6.98. The van der Waals surface area contributed by atoms with Crippen molar-refractivity contribution in [3.05, 3.63) is 254 Å². The standard InChI is InChI=1S/C61H67N11O5Si.C30H33N7O3.C18H22N6/c1-67(2)42-16-19-47-55(37-42)78(6,7)56-38-43(68(3)4)17-20-48(56)57(47)45-12-8-9-13-46(45)61(74)71-27-24-39(25-28-71)60(73)62-26-10-11-33-77-54-23-15-41(35-53(54)72(75)76)59-63-49-21-14-40(34-51(49)65-59)58-64-50-22-18-44(36-52(50)66-58)70-31-29-69(5)30-32-70;1-3-4-5-16-40-28-11-7-21(18-27(28)37(38)39)30-31-23-9-6-20(17-25(23)33-30)29-32-24-10-8-22(19-26(24)34-29)36-14-12-35(2)13-15-36;1-23-6-8-24(9-7-23)13-3-5-16-17(11-13)22-18(21-16)12-2-4-14(19)15(20)10-12/h8-9,12-23,34-39H,10-11,24-33H2,1-7H3,(H2,62,73,74);6-11,17-19H,3-5,12-16H2,1-2H3,(H,31,33)(H,32,34);2-5,10-11H,6-9,19-20H2,1H3,(H,21,22)/p+1. The number of ether oxygens (including phenoxy) is 2. The van der Waals surface area contributed by atoms with Gasteiger partial charge in [-0.1, -0.05) is 57.1 Å². The maximum Gasteiger partial charge on any atom is 0.311 e. The predicted octanol–water partition coefficient (Wildman–Crippen LogP) is 17.0. The van der Waals surface area contributed by atoms with Crippen LogP contribution in [0.1, 0.15) is 73.4 Å². The Morgan fingerprint density at radius 3 is 1.35 bits per heavy atom. The number of H-pyrrole nitrogens is 5. The number of piperidine rings is 1. The molecule has 0 atom stereocenters. The first-order chi connectivity index (χ1) is 68.7. The number of benzene rings is 10. The number of anilines is 6. The smallest absolute Gasteiger partial charge is 0.311 e. The molecule has 0 unspecified atom stereocenters. The number of rotatable bonds is 25. The molecule has 0 radical (unpaired) electrons. The molecule has 5 aliphatic heterocycles. The summed E-state index contributed by atoms with van der Waals surface area (Å²) in [6, 6.07) is 61.2. The average Bonchev–Trinajstić information content (AvgIpc) is 1.07. The van der Waals surface area contributed by atoms with Gasteiger partial charge < -0.3 is 90.4 Å². The van der Waals surface area contributed by atoms with Crippen LogP contribution in [0.15, 0.2) is 217 Å². The SMILES string of the molecule is CCCCCOc1ccc(-c2nc3ccc(-c4nc5ccc(N6CCN(C)CC6)cc5[nH]4)cc3[nH]2)cc1[N+](=O)[O-].CN1CCN(c2ccc3nc(-c4ccc(N)c(N)c4)[nH]c3c2)CC1.CN1CCN(c2ccc3nc(-c4ccc5nc(-c6ccc(OCCCCNC(=O)C7CCN(C(=O)c8ccccc8C8=C9C=CC(=[N+](C)C)C=C9[Si](C)(C)c9cc(N(C)C)ccc98)CC7)c([N+](=O)[O-])c6)[nH]c5c4)[nH]c3c2)CC1. The number of likely N-dealkylation sites (N-methyl/N-ethyl adjacent to an activating group) is 3. The van der Waals surface area contributed by atoms with E-state index in [2.05, 4.69) is 246 Å². The van der Waals surface area contributed by atoms with Gasteiger partial charge in [0.15, 0.2) is 17.2 Å². The van der Waals surface area contributed by atoms with E-state index in [4.69, 9.17) is 35.9 Å². The number of carbonyl (C=O) groups excluding carboxylic acids is 2. The minimum absolute atomic E-state index is 0.0202. The first-order valence-electron chi connectivity index (χ1n) is 49.2. The van der Waals surface area contributed by atoms with Gasteiger partial charge in [-0.15, -0.1) is 0 Å². The number of hydrogen-bond acceptors (Lipinski definition) is 22. The number of aromatic amines is 5. The number of hydrogen-bond donors (Lipinski definition) is 8. The van der Waals surface area contributed by atoms with Gasteiger partial charge in [0, 0.05) is 199 Å². The van der Waals surface area contributed by atoms with Crippen molar-refractivity contribution in [2.24, 2.45) is 5.92 Å². The van der Waals surface area contributed by atoms with E-state index in [-0.39, 0.29) is 47.2 Å². The number of unbranched alkanes of at least 4 members (excludes halogenated alkanes) is 3. The normalized spacial score (nSPS) is 15.8. The van der Waals surface area contributed by atoms with Crippen LogP contribution < -0.4 is 51.0 Å². The molecule has 1 aliphatic carbocycles. The number of piperazine rings is 3. The Labute approximate surface area is 825 Å². The molecule has 6 aliphatic rings. The number of aromatic nitrogens is 10.